The summed E-state index contributed by atoms with van der Waals surface area (Å²) in [7, 11) is -13.3. The first-order chi connectivity index (χ1) is 23.4. The van der Waals surface area contributed by atoms with Crippen molar-refractivity contribution in [2.45, 2.75) is 233 Å². The molecule has 17 heteroatoms. The second-order valence-corrected chi connectivity index (χ2v) is 24.7. The molecule has 1 heterocycles. The van der Waals surface area contributed by atoms with E-state index in [-0.39, 0.29) is 6.42 Å². The van der Waals surface area contributed by atoms with E-state index in [2.05, 4.69) is 0 Å². The highest BCUT2D eigenvalue weighted by Gasteiger charge is 2.63. The van der Waals surface area contributed by atoms with E-state index in [1.807, 2.05) is 0 Å². The van der Waals surface area contributed by atoms with Crippen LogP contribution in [-0.4, -0.2) is 69.9 Å². The van der Waals surface area contributed by atoms with Crippen LogP contribution in [0.25, 0.3) is 0 Å². The van der Waals surface area contributed by atoms with Gasteiger partial charge in [-0.25, -0.2) is 13.7 Å². The standard InChI is InChI=1S/C36H71O14P3/c1-30(2,3)45-51(37,46-31(4,5)6)42-25-24-26(43-52(38,47-32(7,8)9)48-33(10,11)12)28(29-27(25)40-36(41-29)22-20-19-21-23-36)44-53(39,49-34(13,14)15)50-35(16,17)18/h25-29H,19-24H2,1-18H3/t25-,26+,27-,28-,29-/m0/s1. The quantitative estimate of drug-likeness (QED) is 0.172. The summed E-state index contributed by atoms with van der Waals surface area (Å²) < 4.78 is 113. The molecule has 0 N–H and O–H groups in total. The van der Waals surface area contributed by atoms with Crippen molar-refractivity contribution in [1.29, 1.82) is 0 Å². The smallest absolute Gasteiger partial charge is 0.341 e. The van der Waals surface area contributed by atoms with Gasteiger partial charge in [0.15, 0.2) is 5.79 Å². The van der Waals surface area contributed by atoms with E-state index in [0.29, 0.717) is 12.8 Å². The van der Waals surface area contributed by atoms with Crippen LogP contribution in [0.15, 0.2) is 0 Å². The van der Waals surface area contributed by atoms with E-state index in [0.717, 1.165) is 19.3 Å². The summed E-state index contributed by atoms with van der Waals surface area (Å²) in [6.07, 6.45) is -2.10. The Morgan fingerprint density at radius 3 is 1.08 bits per heavy atom. The number of hydrogen-bond donors (Lipinski definition) is 0. The molecule has 1 spiro atoms. The first-order valence-corrected chi connectivity index (χ1v) is 23.2. The molecule has 14 nitrogen and oxygen atoms in total. The highest BCUT2D eigenvalue weighted by atomic mass is 31.2. The third-order valence-electron chi connectivity index (χ3n) is 7.26. The molecule has 53 heavy (non-hydrogen) atoms. The minimum absolute atomic E-state index is 0.174. The van der Waals surface area contributed by atoms with Crippen LogP contribution in [0.2, 0.25) is 0 Å². The van der Waals surface area contributed by atoms with Crippen LogP contribution in [0.4, 0.5) is 0 Å². The van der Waals surface area contributed by atoms with Gasteiger partial charge in [0, 0.05) is 19.3 Å². The molecule has 1 aliphatic heterocycles. The molecule has 1 saturated heterocycles. The zero-order chi connectivity index (χ0) is 40.9. The molecule has 314 valence electrons. The third kappa shape index (κ3) is 15.8. The normalized spacial score (nSPS) is 26.9. The maximum absolute atomic E-state index is 14.8. The molecular weight excluding hydrogens is 749 g/mol. The highest BCUT2D eigenvalue weighted by Crippen LogP contribution is 2.64. The van der Waals surface area contributed by atoms with Crippen LogP contribution < -0.4 is 0 Å². The fourth-order valence-corrected chi connectivity index (χ4v) is 12.3. The van der Waals surface area contributed by atoms with Crippen LogP contribution in [0.5, 0.6) is 0 Å². The van der Waals surface area contributed by atoms with Gasteiger partial charge < -0.3 is 9.47 Å². The third-order valence-corrected chi connectivity index (χ3v) is 13.4. The van der Waals surface area contributed by atoms with Crippen molar-refractivity contribution in [1.82, 2.24) is 0 Å². The summed E-state index contributed by atoms with van der Waals surface area (Å²) in [5.41, 5.74) is -5.80. The Morgan fingerprint density at radius 2 is 0.736 bits per heavy atom. The van der Waals surface area contributed by atoms with E-state index >= 15 is 0 Å². The topological polar surface area (TPSA) is 153 Å². The van der Waals surface area contributed by atoms with Gasteiger partial charge in [-0.3, -0.25) is 40.7 Å². The van der Waals surface area contributed by atoms with E-state index in [1.54, 1.807) is 125 Å². The Labute approximate surface area is 319 Å². The molecule has 5 atom stereocenters. The van der Waals surface area contributed by atoms with Crippen LogP contribution >= 0.6 is 23.5 Å². The molecule has 2 aliphatic carbocycles. The maximum Gasteiger partial charge on any atom is 0.476 e. The molecule has 3 rings (SSSR count). The molecule has 0 aromatic rings. The second kappa shape index (κ2) is 16.1. The van der Waals surface area contributed by atoms with Gasteiger partial charge in [-0.2, -0.15) is 0 Å². The van der Waals surface area contributed by atoms with E-state index in [1.165, 1.54) is 0 Å². The summed E-state index contributed by atoms with van der Waals surface area (Å²) >= 11 is 0. The minimum atomic E-state index is -4.47. The zero-order valence-electron chi connectivity index (χ0n) is 35.7. The maximum atomic E-state index is 14.8. The number of fused-ring (bicyclic) bond motifs is 1. The van der Waals surface area contributed by atoms with Crippen LogP contribution in [0.3, 0.4) is 0 Å². The lowest BCUT2D eigenvalue weighted by Gasteiger charge is -2.45. The highest BCUT2D eigenvalue weighted by molar-refractivity contribution is 7.49. The molecule has 0 amide bonds. The van der Waals surface area contributed by atoms with Crippen LogP contribution in [0, 0.1) is 0 Å². The fraction of sp³-hybridized carbons (Fsp3) is 1.00. The van der Waals surface area contributed by atoms with Crippen molar-refractivity contribution in [3.63, 3.8) is 0 Å². The van der Waals surface area contributed by atoms with Crippen LogP contribution in [0.1, 0.15) is 163 Å². The first-order valence-electron chi connectivity index (χ1n) is 18.9. The molecule has 0 unspecified atom stereocenters. The summed E-state index contributed by atoms with van der Waals surface area (Å²) in [6, 6.07) is 0. The van der Waals surface area contributed by atoms with Gasteiger partial charge >= 0.3 is 23.5 Å². The lowest BCUT2D eigenvalue weighted by atomic mass is 9.87. The summed E-state index contributed by atoms with van der Waals surface area (Å²) in [4.78, 5) is 0. The number of phosphoric acid groups is 3. The van der Waals surface area contributed by atoms with E-state index in [4.69, 9.17) is 50.2 Å². The molecule has 0 aromatic carbocycles. The monoisotopic (exact) mass is 820 g/mol. The number of hydrogen-bond acceptors (Lipinski definition) is 14. The lowest BCUT2D eigenvalue weighted by molar-refractivity contribution is -0.202. The van der Waals surface area contributed by atoms with Crippen molar-refractivity contribution in [3.05, 3.63) is 0 Å². The average molecular weight is 821 g/mol. The number of rotatable bonds is 12. The van der Waals surface area contributed by atoms with Crippen molar-refractivity contribution < 1.29 is 63.9 Å². The predicted molar refractivity (Wildman–Crippen MR) is 203 cm³/mol. The molecular formula is C36H71O14P3. The SMILES string of the molecule is CC(C)(C)OP(=O)(O[C@@H]1[C@H]2OC3(CCCCC3)O[C@H]2[C@@H](OP(=O)(OC(C)(C)C)OC(C)(C)C)C[C@H]1OP(=O)(OC(C)(C)C)OC(C)(C)C)OC(C)(C)C. The van der Waals surface area contributed by atoms with Crippen molar-refractivity contribution in [2.24, 2.45) is 0 Å². The Balaban J connectivity index is 2.27. The molecule has 0 bridgehead atoms. The second-order valence-electron chi connectivity index (χ2n) is 20.3. The number of phosphoric ester groups is 3. The Bertz CT molecular complexity index is 1310. The van der Waals surface area contributed by atoms with E-state index < -0.39 is 93.4 Å². The molecule has 0 aromatic heterocycles. The Kier molecular flexibility index (Phi) is 14.5. The Morgan fingerprint density at radius 1 is 0.434 bits per heavy atom. The molecule has 2 saturated carbocycles. The van der Waals surface area contributed by atoms with Gasteiger partial charge in [-0.05, 0) is 137 Å². The molecule has 3 fully saturated rings. The largest absolute Gasteiger partial charge is 0.476 e. The van der Waals surface area contributed by atoms with Crippen molar-refractivity contribution >= 4 is 23.5 Å². The van der Waals surface area contributed by atoms with Crippen molar-refractivity contribution in [3.8, 4) is 0 Å². The Hall–Kier alpha value is 0.250. The summed E-state index contributed by atoms with van der Waals surface area (Å²) in [5, 5.41) is 0. The molecule has 0 radical (unpaired) electrons. The lowest BCUT2D eigenvalue weighted by Crippen LogP contribution is -2.56. The fourth-order valence-electron chi connectivity index (χ4n) is 6.25. The minimum Gasteiger partial charge on any atom is -0.341 e. The predicted octanol–water partition coefficient (Wildman–Crippen LogP) is 11.2. The zero-order valence-corrected chi connectivity index (χ0v) is 38.4. The van der Waals surface area contributed by atoms with Gasteiger partial charge in [-0.15, -0.1) is 0 Å². The van der Waals surface area contributed by atoms with Gasteiger partial charge in [0.1, 0.15) is 30.5 Å². The summed E-state index contributed by atoms with van der Waals surface area (Å²) in [6.45, 7) is 31.2. The van der Waals surface area contributed by atoms with Crippen LogP contribution in [-0.2, 0) is 63.9 Å². The van der Waals surface area contributed by atoms with Gasteiger partial charge in [0.25, 0.3) is 0 Å². The van der Waals surface area contributed by atoms with Gasteiger partial charge in [0.05, 0.1) is 33.6 Å². The van der Waals surface area contributed by atoms with E-state index in [9.17, 15) is 13.7 Å². The molecule has 3 aliphatic rings. The number of ether oxygens (including phenoxy) is 2. The van der Waals surface area contributed by atoms with Crippen molar-refractivity contribution in [2.75, 3.05) is 0 Å². The first kappa shape index (κ1) is 47.6. The van der Waals surface area contributed by atoms with Gasteiger partial charge in [0.2, 0.25) is 0 Å². The average Bonchev–Trinajstić information content (AvgIpc) is 3.18. The summed E-state index contributed by atoms with van der Waals surface area (Å²) in [5.74, 6) is -1.06. The van der Waals surface area contributed by atoms with Gasteiger partial charge in [-0.1, -0.05) is 6.42 Å².